The SMILES string of the molecule is Cc1ccc(S(=O)(=O)O[C@@H]2CCCC[C@H]2C/C=C(/Sc2ccccc2)[Si](C)(C)C)cc1. The maximum Gasteiger partial charge on any atom is 0.297 e. The van der Waals surface area contributed by atoms with Crippen molar-refractivity contribution < 1.29 is 12.6 Å². The van der Waals surface area contributed by atoms with Crippen LogP contribution in [-0.4, -0.2) is 22.6 Å². The third kappa shape index (κ3) is 7.07. The molecular weight excluding hydrogens is 440 g/mol. The molecule has 0 radical (unpaired) electrons. The molecule has 168 valence electrons. The minimum Gasteiger partial charge on any atom is -0.263 e. The topological polar surface area (TPSA) is 43.4 Å². The molecule has 0 bridgehead atoms. The Morgan fingerprint density at radius 3 is 2.32 bits per heavy atom. The van der Waals surface area contributed by atoms with Crippen molar-refractivity contribution in [3.8, 4) is 0 Å². The average Bonchev–Trinajstić information content (AvgIpc) is 2.72. The molecule has 1 aliphatic rings. The highest BCUT2D eigenvalue weighted by Crippen LogP contribution is 2.37. The van der Waals surface area contributed by atoms with Crippen LogP contribution < -0.4 is 0 Å². The van der Waals surface area contributed by atoms with Gasteiger partial charge in [0.25, 0.3) is 10.1 Å². The second-order valence-electron chi connectivity index (χ2n) is 9.42. The number of thioether (sulfide) groups is 1. The Hall–Kier alpha value is -1.34. The summed E-state index contributed by atoms with van der Waals surface area (Å²) < 4.78 is 33.0. The normalized spacial score (nSPS) is 20.6. The molecule has 31 heavy (non-hydrogen) atoms. The van der Waals surface area contributed by atoms with Crippen molar-refractivity contribution in [3.63, 3.8) is 0 Å². The molecule has 0 unspecified atom stereocenters. The highest BCUT2D eigenvalue weighted by molar-refractivity contribution is 8.05. The van der Waals surface area contributed by atoms with Gasteiger partial charge in [0.2, 0.25) is 0 Å². The van der Waals surface area contributed by atoms with Crippen molar-refractivity contribution in [3.05, 3.63) is 70.8 Å². The molecule has 1 fully saturated rings. The number of aryl methyl sites for hydroxylation is 1. The fourth-order valence-corrected chi connectivity index (χ4v) is 8.06. The largest absolute Gasteiger partial charge is 0.297 e. The molecule has 0 amide bonds. The Labute approximate surface area is 193 Å². The van der Waals surface area contributed by atoms with Crippen molar-refractivity contribution in [2.45, 2.75) is 74.6 Å². The van der Waals surface area contributed by atoms with Crippen LogP contribution in [0.15, 0.2) is 75.0 Å². The lowest BCUT2D eigenvalue weighted by molar-refractivity contribution is 0.100. The van der Waals surface area contributed by atoms with Gasteiger partial charge < -0.3 is 0 Å². The molecule has 2 aromatic rings. The minimum atomic E-state index is -3.74. The highest BCUT2D eigenvalue weighted by atomic mass is 32.2. The summed E-state index contributed by atoms with van der Waals surface area (Å²) in [4.78, 5) is 1.51. The van der Waals surface area contributed by atoms with Gasteiger partial charge in [-0.2, -0.15) is 8.42 Å². The van der Waals surface area contributed by atoms with Gasteiger partial charge in [-0.15, -0.1) is 0 Å². The first-order valence-electron chi connectivity index (χ1n) is 11.1. The first-order chi connectivity index (χ1) is 14.6. The highest BCUT2D eigenvalue weighted by Gasteiger charge is 2.31. The molecule has 1 saturated carbocycles. The van der Waals surface area contributed by atoms with E-state index in [1.807, 2.05) is 36.9 Å². The molecule has 0 aliphatic heterocycles. The fraction of sp³-hybridized carbons (Fsp3) is 0.440. The molecule has 0 saturated heterocycles. The van der Waals surface area contributed by atoms with E-state index in [-0.39, 0.29) is 16.9 Å². The third-order valence-electron chi connectivity index (χ3n) is 5.72. The van der Waals surface area contributed by atoms with E-state index < -0.39 is 18.2 Å². The van der Waals surface area contributed by atoms with Gasteiger partial charge in [-0.3, -0.25) is 4.18 Å². The zero-order valence-electron chi connectivity index (χ0n) is 19.0. The molecule has 6 heteroatoms. The molecule has 3 nitrogen and oxygen atoms in total. The zero-order valence-corrected chi connectivity index (χ0v) is 21.6. The van der Waals surface area contributed by atoms with Crippen molar-refractivity contribution in [1.82, 2.24) is 0 Å². The van der Waals surface area contributed by atoms with Crippen LogP contribution in [0.4, 0.5) is 0 Å². The van der Waals surface area contributed by atoms with E-state index in [0.717, 1.165) is 37.7 Å². The summed E-state index contributed by atoms with van der Waals surface area (Å²) in [5.74, 6) is 0.233. The van der Waals surface area contributed by atoms with Gasteiger partial charge in [0.15, 0.2) is 0 Å². The van der Waals surface area contributed by atoms with Gasteiger partial charge in [0.05, 0.1) is 19.1 Å². The fourth-order valence-electron chi connectivity index (χ4n) is 3.87. The van der Waals surface area contributed by atoms with Crippen LogP contribution in [0.5, 0.6) is 0 Å². The number of hydrogen-bond donors (Lipinski definition) is 0. The maximum absolute atomic E-state index is 12.9. The van der Waals surface area contributed by atoms with Crippen LogP contribution in [-0.2, 0) is 14.3 Å². The second-order valence-corrected chi connectivity index (χ2v) is 17.5. The summed E-state index contributed by atoms with van der Waals surface area (Å²) in [5, 5.41) is 0. The van der Waals surface area contributed by atoms with E-state index >= 15 is 0 Å². The van der Waals surface area contributed by atoms with Gasteiger partial charge in [-0.05, 0) is 60.9 Å². The van der Waals surface area contributed by atoms with Crippen LogP contribution in [0.1, 0.15) is 37.7 Å². The van der Waals surface area contributed by atoms with Gasteiger partial charge in [-0.25, -0.2) is 0 Å². The molecule has 3 rings (SSSR count). The Morgan fingerprint density at radius 2 is 1.68 bits per heavy atom. The molecule has 2 atom stereocenters. The van der Waals surface area contributed by atoms with Crippen molar-refractivity contribution >= 4 is 30.0 Å². The number of rotatable bonds is 8. The molecule has 0 spiro atoms. The summed E-state index contributed by atoms with van der Waals surface area (Å²) in [5.41, 5.74) is 1.04. The summed E-state index contributed by atoms with van der Waals surface area (Å²) in [6.07, 6.45) is 6.96. The van der Waals surface area contributed by atoms with Crippen molar-refractivity contribution in [2.75, 3.05) is 0 Å². The van der Waals surface area contributed by atoms with Crippen LogP contribution >= 0.6 is 11.8 Å². The summed E-state index contributed by atoms with van der Waals surface area (Å²) in [7, 11) is -5.26. The predicted octanol–water partition coefficient (Wildman–Crippen LogP) is 7.20. The van der Waals surface area contributed by atoms with Crippen LogP contribution in [0, 0.1) is 12.8 Å². The van der Waals surface area contributed by atoms with Crippen molar-refractivity contribution in [2.24, 2.45) is 5.92 Å². The van der Waals surface area contributed by atoms with Crippen molar-refractivity contribution in [1.29, 1.82) is 0 Å². The van der Waals surface area contributed by atoms with Gasteiger partial charge in [-0.1, -0.05) is 86.2 Å². The third-order valence-corrected chi connectivity index (χ3v) is 11.8. The Kier molecular flexibility index (Phi) is 8.24. The quantitative estimate of drug-likeness (QED) is 0.230. The Balaban J connectivity index is 1.75. The average molecular weight is 475 g/mol. The smallest absolute Gasteiger partial charge is 0.263 e. The number of hydrogen-bond acceptors (Lipinski definition) is 4. The summed E-state index contributed by atoms with van der Waals surface area (Å²) in [6.45, 7) is 9.05. The lowest BCUT2D eigenvalue weighted by Crippen LogP contribution is -2.30. The van der Waals surface area contributed by atoms with E-state index in [1.165, 1.54) is 9.42 Å². The van der Waals surface area contributed by atoms with E-state index in [1.54, 1.807) is 12.1 Å². The molecule has 0 heterocycles. The lowest BCUT2D eigenvalue weighted by atomic mass is 9.84. The number of benzene rings is 2. The van der Waals surface area contributed by atoms with Crippen LogP contribution in [0.3, 0.4) is 0 Å². The first kappa shape index (κ1) is 24.3. The van der Waals surface area contributed by atoms with E-state index in [4.69, 9.17) is 4.18 Å². The molecule has 0 N–H and O–H groups in total. The molecule has 0 aromatic heterocycles. The van der Waals surface area contributed by atoms with Gasteiger partial charge in [0.1, 0.15) is 0 Å². The van der Waals surface area contributed by atoms with Gasteiger partial charge in [0, 0.05) is 4.90 Å². The summed E-state index contributed by atoms with van der Waals surface area (Å²) in [6, 6.07) is 17.4. The standard InChI is InChI=1S/C25H34O3S2Si/c1-20-14-17-23(18-15-20)30(26,27)28-24-13-9-8-10-21(24)16-19-25(31(2,3)4)29-22-11-6-5-7-12-22/h5-7,11-12,14-15,17-19,21,24H,8-10,13,16H2,1-4H3/b25-19-/t21-,24+/m0/s1. The van der Waals surface area contributed by atoms with Gasteiger partial charge >= 0.3 is 0 Å². The minimum absolute atomic E-state index is 0.233. The summed E-state index contributed by atoms with van der Waals surface area (Å²) >= 11 is 1.86. The van der Waals surface area contributed by atoms with E-state index in [0.29, 0.717) is 0 Å². The van der Waals surface area contributed by atoms with E-state index in [9.17, 15) is 8.42 Å². The predicted molar refractivity (Wildman–Crippen MR) is 134 cm³/mol. The second kappa shape index (κ2) is 10.5. The Bertz CT molecular complexity index is 978. The van der Waals surface area contributed by atoms with Crippen LogP contribution in [0.2, 0.25) is 19.6 Å². The lowest BCUT2D eigenvalue weighted by Gasteiger charge is -2.31. The van der Waals surface area contributed by atoms with Crippen LogP contribution in [0.25, 0.3) is 0 Å². The zero-order chi connectivity index (χ0) is 22.5. The maximum atomic E-state index is 12.9. The van der Waals surface area contributed by atoms with E-state index in [2.05, 4.69) is 50.0 Å². The number of allylic oxidation sites excluding steroid dienone is 1. The molecular formula is C25H34O3S2Si. The molecule has 2 aromatic carbocycles. The molecule has 1 aliphatic carbocycles. The first-order valence-corrected chi connectivity index (χ1v) is 16.8. The monoisotopic (exact) mass is 474 g/mol. The Morgan fingerprint density at radius 1 is 1.03 bits per heavy atom.